The number of methoxy groups -OCH3 is 1. The van der Waals surface area contributed by atoms with Gasteiger partial charge in [-0.15, -0.1) is 0 Å². The van der Waals surface area contributed by atoms with Crippen LogP contribution in [-0.4, -0.2) is 36.6 Å². The smallest absolute Gasteiger partial charge is 0.329 e. The molecule has 0 aliphatic carbocycles. The van der Waals surface area contributed by atoms with Gasteiger partial charge in [0.25, 0.3) is 0 Å². The van der Waals surface area contributed by atoms with Gasteiger partial charge in [0.2, 0.25) is 5.91 Å². The van der Waals surface area contributed by atoms with E-state index >= 15 is 0 Å². The Hall–Kier alpha value is -1.59. The van der Waals surface area contributed by atoms with Crippen LogP contribution in [0.15, 0.2) is 0 Å². The molecule has 0 heterocycles. The quantitative estimate of drug-likeness (QED) is 0.738. The molecule has 6 heteroatoms. The van der Waals surface area contributed by atoms with Gasteiger partial charge in [-0.1, -0.05) is 0 Å². The summed E-state index contributed by atoms with van der Waals surface area (Å²) in [6.07, 6.45) is 0.196. The Labute approximate surface area is 107 Å². The van der Waals surface area contributed by atoms with Crippen molar-refractivity contribution in [2.45, 2.75) is 52.2 Å². The van der Waals surface area contributed by atoms with E-state index in [0.717, 1.165) is 0 Å². The van der Waals surface area contributed by atoms with E-state index in [9.17, 15) is 14.4 Å². The van der Waals surface area contributed by atoms with Crippen LogP contribution >= 0.6 is 0 Å². The lowest BCUT2D eigenvalue weighted by atomic mass is 10.1. The molecule has 18 heavy (non-hydrogen) atoms. The van der Waals surface area contributed by atoms with Gasteiger partial charge < -0.3 is 14.8 Å². The molecular formula is C12H21NO5. The average molecular weight is 259 g/mol. The minimum absolute atomic E-state index is 0.0424. The number of nitrogens with one attached hydrogen (secondary N) is 1. The largest absolute Gasteiger partial charge is 0.469 e. The lowest BCUT2D eigenvalue weighted by molar-refractivity contribution is -0.159. The van der Waals surface area contributed by atoms with E-state index in [2.05, 4.69) is 10.1 Å². The van der Waals surface area contributed by atoms with Crippen LogP contribution in [0.4, 0.5) is 0 Å². The maximum atomic E-state index is 11.8. The molecule has 0 aliphatic rings. The third-order valence-corrected chi connectivity index (χ3v) is 1.93. The third-order valence-electron chi connectivity index (χ3n) is 1.93. The van der Waals surface area contributed by atoms with Crippen LogP contribution in [0.3, 0.4) is 0 Å². The highest BCUT2D eigenvalue weighted by Crippen LogP contribution is 2.11. The molecule has 0 aliphatic heterocycles. The molecule has 104 valence electrons. The highest BCUT2D eigenvalue weighted by atomic mass is 16.6. The van der Waals surface area contributed by atoms with Gasteiger partial charge in [0.15, 0.2) is 0 Å². The van der Waals surface area contributed by atoms with Crippen molar-refractivity contribution in [3.63, 3.8) is 0 Å². The molecule has 0 aromatic heterocycles. The number of rotatable bonds is 5. The zero-order valence-electron chi connectivity index (χ0n) is 11.5. The van der Waals surface area contributed by atoms with Crippen LogP contribution in [0, 0.1) is 0 Å². The molecule has 0 spiro atoms. The maximum absolute atomic E-state index is 11.8. The van der Waals surface area contributed by atoms with Gasteiger partial charge >= 0.3 is 11.9 Å². The maximum Gasteiger partial charge on any atom is 0.329 e. The summed E-state index contributed by atoms with van der Waals surface area (Å²) in [5.41, 5.74) is -0.640. The predicted molar refractivity (Wildman–Crippen MR) is 64.7 cm³/mol. The van der Waals surface area contributed by atoms with Gasteiger partial charge in [0.1, 0.15) is 11.6 Å². The number of amides is 1. The first kappa shape index (κ1) is 16.4. The summed E-state index contributed by atoms with van der Waals surface area (Å²) >= 11 is 0. The van der Waals surface area contributed by atoms with Gasteiger partial charge in [-0.05, 0) is 27.2 Å². The van der Waals surface area contributed by atoms with Crippen molar-refractivity contribution >= 4 is 17.8 Å². The van der Waals surface area contributed by atoms with Crippen LogP contribution in [0.25, 0.3) is 0 Å². The Morgan fingerprint density at radius 3 is 2.17 bits per heavy atom. The Morgan fingerprint density at radius 1 is 1.22 bits per heavy atom. The van der Waals surface area contributed by atoms with Gasteiger partial charge in [0, 0.05) is 13.3 Å². The fourth-order valence-electron chi connectivity index (χ4n) is 1.23. The van der Waals surface area contributed by atoms with Gasteiger partial charge in [-0.2, -0.15) is 0 Å². The second-order valence-electron chi connectivity index (χ2n) is 4.90. The second kappa shape index (κ2) is 6.98. The standard InChI is InChI=1S/C12H21NO5/c1-8(14)13-9(6-7-10(15)17-5)11(16)18-12(2,3)4/h9H,6-7H2,1-5H3,(H,13,14). The second-order valence-corrected chi connectivity index (χ2v) is 4.90. The summed E-state index contributed by atoms with van der Waals surface area (Å²) in [6, 6.07) is -0.833. The third kappa shape index (κ3) is 7.65. The Kier molecular flexibility index (Phi) is 6.36. The number of carbonyl (C=O) groups is 3. The van der Waals surface area contributed by atoms with E-state index in [-0.39, 0.29) is 18.7 Å². The van der Waals surface area contributed by atoms with Crippen molar-refractivity contribution in [1.29, 1.82) is 0 Å². The van der Waals surface area contributed by atoms with Crippen molar-refractivity contribution in [2.75, 3.05) is 7.11 Å². The predicted octanol–water partition coefficient (Wildman–Crippen LogP) is 0.786. The molecule has 0 aromatic rings. The van der Waals surface area contributed by atoms with Crippen LogP contribution in [0.2, 0.25) is 0 Å². The van der Waals surface area contributed by atoms with Crippen LogP contribution in [-0.2, 0) is 23.9 Å². The molecule has 1 amide bonds. The Morgan fingerprint density at radius 2 is 1.78 bits per heavy atom. The molecule has 0 fully saturated rings. The first-order valence-corrected chi connectivity index (χ1v) is 5.72. The fraction of sp³-hybridized carbons (Fsp3) is 0.750. The molecule has 0 bridgehead atoms. The van der Waals surface area contributed by atoms with E-state index < -0.39 is 23.6 Å². The highest BCUT2D eigenvalue weighted by Gasteiger charge is 2.26. The number of hydrogen-bond acceptors (Lipinski definition) is 5. The molecule has 0 aromatic carbocycles. The van der Waals surface area contributed by atoms with E-state index in [1.165, 1.54) is 14.0 Å². The van der Waals surface area contributed by atoms with E-state index in [4.69, 9.17) is 4.74 Å². The number of hydrogen-bond donors (Lipinski definition) is 1. The average Bonchev–Trinajstić information content (AvgIpc) is 2.20. The first-order valence-electron chi connectivity index (χ1n) is 5.72. The molecule has 1 atom stereocenters. The normalized spacial score (nSPS) is 12.5. The summed E-state index contributed by atoms with van der Waals surface area (Å²) < 4.78 is 9.64. The van der Waals surface area contributed by atoms with Crippen molar-refractivity contribution in [2.24, 2.45) is 0 Å². The first-order chi connectivity index (χ1) is 8.15. The molecular weight excluding hydrogens is 238 g/mol. The van der Waals surface area contributed by atoms with Crippen molar-refractivity contribution in [3.8, 4) is 0 Å². The minimum atomic E-state index is -0.833. The van der Waals surface area contributed by atoms with Gasteiger partial charge in [-0.3, -0.25) is 9.59 Å². The van der Waals surface area contributed by atoms with Crippen molar-refractivity contribution in [3.05, 3.63) is 0 Å². The van der Waals surface area contributed by atoms with Crippen LogP contribution < -0.4 is 5.32 Å². The van der Waals surface area contributed by atoms with Crippen LogP contribution in [0.1, 0.15) is 40.5 Å². The number of esters is 2. The van der Waals surface area contributed by atoms with Gasteiger partial charge in [0.05, 0.1) is 7.11 Å². The van der Waals surface area contributed by atoms with E-state index in [1.807, 2.05) is 0 Å². The molecule has 0 rings (SSSR count). The zero-order valence-corrected chi connectivity index (χ0v) is 11.5. The molecule has 1 N–H and O–H groups in total. The Bertz CT molecular complexity index is 319. The summed E-state index contributed by atoms with van der Waals surface area (Å²) in [4.78, 5) is 33.8. The van der Waals surface area contributed by atoms with Crippen LogP contribution in [0.5, 0.6) is 0 Å². The lowest BCUT2D eigenvalue weighted by Crippen LogP contribution is -2.43. The number of carbonyl (C=O) groups excluding carboxylic acids is 3. The highest BCUT2D eigenvalue weighted by molar-refractivity contribution is 5.84. The lowest BCUT2D eigenvalue weighted by Gasteiger charge is -2.24. The monoisotopic (exact) mass is 259 g/mol. The fourth-order valence-corrected chi connectivity index (χ4v) is 1.23. The SMILES string of the molecule is COC(=O)CCC(NC(C)=O)C(=O)OC(C)(C)C. The van der Waals surface area contributed by atoms with Gasteiger partial charge in [-0.25, -0.2) is 4.79 Å². The summed E-state index contributed by atoms with van der Waals surface area (Å²) in [6.45, 7) is 6.50. The number of ether oxygens (including phenoxy) is 2. The molecule has 0 saturated heterocycles. The molecule has 0 saturated carbocycles. The molecule has 1 unspecified atom stereocenters. The minimum Gasteiger partial charge on any atom is -0.469 e. The van der Waals surface area contributed by atoms with E-state index in [0.29, 0.717) is 0 Å². The molecule has 6 nitrogen and oxygen atoms in total. The van der Waals surface area contributed by atoms with Crippen molar-refractivity contribution < 1.29 is 23.9 Å². The summed E-state index contributed by atoms with van der Waals surface area (Å²) in [5, 5.41) is 2.46. The molecule has 0 radical (unpaired) electrons. The zero-order chi connectivity index (χ0) is 14.3. The Balaban J connectivity index is 4.52. The van der Waals surface area contributed by atoms with Crippen molar-refractivity contribution in [1.82, 2.24) is 5.32 Å². The topological polar surface area (TPSA) is 81.7 Å². The summed E-state index contributed by atoms with van der Waals surface area (Å²) in [5.74, 6) is -1.34. The summed E-state index contributed by atoms with van der Waals surface area (Å²) in [7, 11) is 1.27. The van der Waals surface area contributed by atoms with E-state index in [1.54, 1.807) is 20.8 Å².